The maximum Gasteiger partial charge on any atom is 0.239 e. The lowest BCUT2D eigenvalue weighted by atomic mass is 10.1. The number of aromatic nitrogens is 2. The van der Waals surface area contributed by atoms with Crippen LogP contribution in [0.3, 0.4) is 0 Å². The second-order valence-electron chi connectivity index (χ2n) is 5.54. The summed E-state index contributed by atoms with van der Waals surface area (Å²) in [6.45, 7) is 5.02. The van der Waals surface area contributed by atoms with Crippen molar-refractivity contribution in [1.29, 1.82) is 0 Å². The van der Waals surface area contributed by atoms with E-state index in [0.29, 0.717) is 13.1 Å². The lowest BCUT2D eigenvalue weighted by Gasteiger charge is -2.36. The number of carbonyl (C=O) groups is 1. The number of nitrogens with zero attached hydrogens (tertiary/aromatic N) is 4. The number of anilines is 1. The molecule has 2 aromatic rings. The summed E-state index contributed by atoms with van der Waals surface area (Å²) in [5, 5.41) is 2.03. The van der Waals surface area contributed by atoms with Crippen molar-refractivity contribution in [1.82, 2.24) is 14.9 Å². The number of nitrogens with two attached hydrogens (primary N) is 1. The Hall–Kier alpha value is -1.44. The first-order valence-electron chi connectivity index (χ1n) is 7.68. The number of halogens is 1. The fraction of sp³-hybridized carbons (Fsp3) is 0.533. The van der Waals surface area contributed by atoms with Crippen LogP contribution >= 0.6 is 23.7 Å². The average molecular weight is 356 g/mol. The molecular formula is C15H22ClN5OS. The summed E-state index contributed by atoms with van der Waals surface area (Å²) in [5.74, 6) is 1.05. The van der Waals surface area contributed by atoms with E-state index in [9.17, 15) is 4.79 Å². The Morgan fingerprint density at radius 2 is 2.09 bits per heavy atom. The molecule has 1 aliphatic rings. The van der Waals surface area contributed by atoms with Crippen molar-refractivity contribution in [2.24, 2.45) is 5.73 Å². The molecule has 0 saturated carbocycles. The molecule has 0 radical (unpaired) electrons. The van der Waals surface area contributed by atoms with E-state index in [0.717, 1.165) is 42.0 Å². The molecule has 3 heterocycles. The van der Waals surface area contributed by atoms with E-state index >= 15 is 0 Å². The van der Waals surface area contributed by atoms with Crippen LogP contribution in [0.25, 0.3) is 10.2 Å². The first kappa shape index (κ1) is 17.9. The maximum atomic E-state index is 12.3. The van der Waals surface area contributed by atoms with E-state index in [1.807, 2.05) is 23.3 Å². The van der Waals surface area contributed by atoms with Crippen molar-refractivity contribution < 1.29 is 4.79 Å². The van der Waals surface area contributed by atoms with Crippen molar-refractivity contribution in [3.8, 4) is 0 Å². The van der Waals surface area contributed by atoms with Crippen LogP contribution in [-0.2, 0) is 4.79 Å². The van der Waals surface area contributed by atoms with E-state index in [1.54, 1.807) is 17.7 Å². The summed E-state index contributed by atoms with van der Waals surface area (Å²) in [6.07, 6.45) is 3.30. The van der Waals surface area contributed by atoms with Gasteiger partial charge in [-0.15, -0.1) is 23.7 Å². The van der Waals surface area contributed by atoms with E-state index in [4.69, 9.17) is 5.73 Å². The summed E-state index contributed by atoms with van der Waals surface area (Å²) < 4.78 is 1.12. The zero-order valence-electron chi connectivity index (χ0n) is 13.1. The van der Waals surface area contributed by atoms with E-state index in [-0.39, 0.29) is 24.4 Å². The van der Waals surface area contributed by atoms with E-state index in [2.05, 4.69) is 14.9 Å². The lowest BCUT2D eigenvalue weighted by molar-refractivity contribution is -0.133. The fourth-order valence-electron chi connectivity index (χ4n) is 2.81. The lowest BCUT2D eigenvalue weighted by Crippen LogP contribution is -2.53. The average Bonchev–Trinajstić information content (AvgIpc) is 3.03. The Balaban J connectivity index is 0.00000192. The first-order chi connectivity index (χ1) is 10.7. The molecule has 0 aliphatic carbocycles. The Morgan fingerprint density at radius 3 is 2.78 bits per heavy atom. The van der Waals surface area contributed by atoms with Crippen LogP contribution in [0.1, 0.15) is 19.8 Å². The molecule has 2 N–H and O–H groups in total. The number of piperazine rings is 1. The fourth-order valence-corrected chi connectivity index (χ4v) is 3.67. The minimum atomic E-state index is -0.361. The van der Waals surface area contributed by atoms with Gasteiger partial charge in [0.2, 0.25) is 5.91 Å². The molecule has 2 aromatic heterocycles. The minimum absolute atomic E-state index is 0. The molecule has 1 saturated heterocycles. The van der Waals surface area contributed by atoms with Crippen LogP contribution in [0.15, 0.2) is 17.8 Å². The van der Waals surface area contributed by atoms with Gasteiger partial charge in [0.25, 0.3) is 0 Å². The molecule has 8 heteroatoms. The van der Waals surface area contributed by atoms with Crippen molar-refractivity contribution in [2.75, 3.05) is 31.1 Å². The Bertz CT molecular complexity index is 656. The van der Waals surface area contributed by atoms with E-state index in [1.165, 1.54) is 0 Å². The van der Waals surface area contributed by atoms with Crippen LogP contribution in [-0.4, -0.2) is 53.0 Å². The van der Waals surface area contributed by atoms with Crippen LogP contribution in [0, 0.1) is 0 Å². The quantitative estimate of drug-likeness (QED) is 0.906. The van der Waals surface area contributed by atoms with E-state index < -0.39 is 0 Å². The topological polar surface area (TPSA) is 75.4 Å². The molecule has 6 nitrogen and oxygen atoms in total. The summed E-state index contributed by atoms with van der Waals surface area (Å²) >= 11 is 1.66. The van der Waals surface area contributed by atoms with Gasteiger partial charge in [-0.2, -0.15) is 0 Å². The van der Waals surface area contributed by atoms with Crippen LogP contribution in [0.2, 0.25) is 0 Å². The molecule has 0 spiro atoms. The van der Waals surface area contributed by atoms with Gasteiger partial charge in [-0.05, 0) is 17.9 Å². The van der Waals surface area contributed by atoms with Crippen molar-refractivity contribution in [3.05, 3.63) is 17.8 Å². The second kappa shape index (κ2) is 7.90. The maximum absolute atomic E-state index is 12.3. The van der Waals surface area contributed by atoms with Gasteiger partial charge in [0.15, 0.2) is 0 Å². The molecule has 126 valence electrons. The molecule has 0 bridgehead atoms. The highest BCUT2D eigenvalue weighted by Gasteiger charge is 2.26. The second-order valence-corrected chi connectivity index (χ2v) is 6.46. The summed E-state index contributed by atoms with van der Waals surface area (Å²) in [4.78, 5) is 25.1. The number of hydrogen-bond acceptors (Lipinski definition) is 6. The van der Waals surface area contributed by atoms with Crippen molar-refractivity contribution in [2.45, 2.75) is 25.8 Å². The molecule has 1 fully saturated rings. The molecule has 1 atom stereocenters. The van der Waals surface area contributed by atoms with Gasteiger partial charge in [-0.25, -0.2) is 9.97 Å². The SMILES string of the molecule is CCCC(N)C(=O)N1CCN(c2ncnc3ccsc23)CC1.Cl. The third-order valence-corrected chi connectivity index (χ3v) is 4.93. The Morgan fingerprint density at radius 1 is 1.35 bits per heavy atom. The monoisotopic (exact) mass is 355 g/mol. The summed E-state index contributed by atoms with van der Waals surface area (Å²) in [5.41, 5.74) is 6.93. The molecule has 1 aliphatic heterocycles. The highest BCUT2D eigenvalue weighted by molar-refractivity contribution is 7.17. The third-order valence-electron chi connectivity index (χ3n) is 4.03. The van der Waals surface area contributed by atoms with Gasteiger partial charge >= 0.3 is 0 Å². The molecular weight excluding hydrogens is 334 g/mol. The van der Waals surface area contributed by atoms with Gasteiger partial charge in [0.05, 0.1) is 16.3 Å². The molecule has 23 heavy (non-hydrogen) atoms. The summed E-state index contributed by atoms with van der Waals surface area (Å²) in [6, 6.07) is 1.65. The smallest absolute Gasteiger partial charge is 0.239 e. The van der Waals surface area contributed by atoms with Crippen molar-refractivity contribution >= 4 is 45.7 Å². The van der Waals surface area contributed by atoms with Gasteiger partial charge < -0.3 is 15.5 Å². The number of thiophene rings is 1. The zero-order chi connectivity index (χ0) is 15.5. The standard InChI is InChI=1S/C15H21N5OS.ClH/c1-2-3-11(16)15(21)20-7-5-19(6-8-20)14-13-12(4-9-22-13)17-10-18-14;/h4,9-11H,2-3,5-8,16H2,1H3;1H. The van der Waals surface area contributed by atoms with Gasteiger partial charge in [0, 0.05) is 26.2 Å². The molecule has 1 amide bonds. The number of amides is 1. The number of fused-ring (bicyclic) bond motifs is 1. The Labute approximate surface area is 146 Å². The predicted octanol–water partition coefficient (Wildman–Crippen LogP) is 1.89. The Kier molecular flexibility index (Phi) is 6.15. The van der Waals surface area contributed by atoms with Crippen LogP contribution < -0.4 is 10.6 Å². The highest BCUT2D eigenvalue weighted by atomic mass is 35.5. The summed E-state index contributed by atoms with van der Waals surface area (Å²) in [7, 11) is 0. The largest absolute Gasteiger partial charge is 0.352 e. The third kappa shape index (κ3) is 3.73. The normalized spacial score (nSPS) is 16.3. The molecule has 1 unspecified atom stereocenters. The van der Waals surface area contributed by atoms with Crippen LogP contribution in [0.5, 0.6) is 0 Å². The van der Waals surface area contributed by atoms with Crippen LogP contribution in [0.4, 0.5) is 5.82 Å². The minimum Gasteiger partial charge on any atom is -0.352 e. The number of carbonyl (C=O) groups excluding carboxylic acids is 1. The van der Waals surface area contributed by atoms with Gasteiger partial charge in [-0.3, -0.25) is 4.79 Å². The van der Waals surface area contributed by atoms with Crippen molar-refractivity contribution in [3.63, 3.8) is 0 Å². The first-order valence-corrected chi connectivity index (χ1v) is 8.56. The molecule has 0 aromatic carbocycles. The zero-order valence-corrected chi connectivity index (χ0v) is 14.8. The van der Waals surface area contributed by atoms with Gasteiger partial charge in [0.1, 0.15) is 12.1 Å². The highest BCUT2D eigenvalue weighted by Crippen LogP contribution is 2.28. The molecule has 3 rings (SSSR count). The van der Waals surface area contributed by atoms with Gasteiger partial charge in [-0.1, -0.05) is 13.3 Å². The number of hydrogen-bond donors (Lipinski definition) is 1. The predicted molar refractivity (Wildman–Crippen MR) is 96.3 cm³/mol. The number of rotatable bonds is 4.